The monoisotopic (exact) mass is 374 g/mol. The van der Waals surface area contributed by atoms with Gasteiger partial charge in [-0.15, -0.1) is 12.4 Å². The maximum atomic E-state index is 12.1. The van der Waals surface area contributed by atoms with Crippen LogP contribution in [0.4, 0.5) is 0 Å². The largest absolute Gasteiger partial charge is 0.489 e. The first-order valence-electron chi connectivity index (χ1n) is 8.90. The van der Waals surface area contributed by atoms with E-state index in [2.05, 4.69) is 24.4 Å². The third kappa shape index (κ3) is 6.36. The third-order valence-electron chi connectivity index (χ3n) is 4.51. The van der Waals surface area contributed by atoms with Gasteiger partial charge in [0.1, 0.15) is 12.4 Å². The van der Waals surface area contributed by atoms with E-state index < -0.39 is 0 Å². The van der Waals surface area contributed by atoms with Crippen LogP contribution < -0.4 is 15.8 Å². The number of nitrogens with one attached hydrogen (secondary N) is 1. The summed E-state index contributed by atoms with van der Waals surface area (Å²) in [5.74, 6) is 1.38. The Morgan fingerprint density at radius 3 is 2.65 bits per heavy atom. The van der Waals surface area contributed by atoms with Crippen LogP contribution in [0.25, 0.3) is 0 Å². The van der Waals surface area contributed by atoms with Gasteiger partial charge in [-0.3, -0.25) is 4.79 Å². The zero-order valence-electron chi connectivity index (χ0n) is 15.1. The van der Waals surface area contributed by atoms with E-state index in [0.29, 0.717) is 25.5 Å². The first-order valence-corrected chi connectivity index (χ1v) is 8.90. The van der Waals surface area contributed by atoms with Gasteiger partial charge in [0.2, 0.25) is 5.91 Å². The fraction of sp³-hybridized carbons (Fsp3) is 0.381. The number of ether oxygens (including phenoxy) is 1. The minimum absolute atomic E-state index is 0. The number of benzene rings is 2. The number of carbonyl (C=O) groups is 1. The molecule has 2 aromatic rings. The van der Waals surface area contributed by atoms with Crippen molar-refractivity contribution in [3.05, 3.63) is 65.2 Å². The van der Waals surface area contributed by atoms with E-state index in [0.717, 1.165) is 16.9 Å². The smallest absolute Gasteiger partial charge is 0.224 e. The van der Waals surface area contributed by atoms with Crippen molar-refractivity contribution in [2.45, 2.75) is 38.8 Å². The number of nitrogens with two attached hydrogens (primary N) is 1. The van der Waals surface area contributed by atoms with Gasteiger partial charge in [0.25, 0.3) is 0 Å². The topological polar surface area (TPSA) is 64.3 Å². The molecule has 1 saturated carbocycles. The van der Waals surface area contributed by atoms with Gasteiger partial charge in [-0.25, -0.2) is 0 Å². The van der Waals surface area contributed by atoms with Crippen LogP contribution in [0, 0.1) is 12.8 Å². The second-order valence-corrected chi connectivity index (χ2v) is 6.91. The molecule has 140 valence electrons. The summed E-state index contributed by atoms with van der Waals surface area (Å²) in [6.45, 7) is 3.15. The van der Waals surface area contributed by atoms with Gasteiger partial charge < -0.3 is 15.8 Å². The summed E-state index contributed by atoms with van der Waals surface area (Å²) in [4.78, 5) is 12.1. The molecular formula is C21H27ClN2O2. The summed E-state index contributed by atoms with van der Waals surface area (Å²) in [6, 6.07) is 16.1. The predicted octanol–water partition coefficient (Wildman–Crippen LogP) is 3.39. The summed E-state index contributed by atoms with van der Waals surface area (Å²) in [5, 5.41) is 2.93. The molecular weight excluding hydrogens is 348 g/mol. The predicted molar refractivity (Wildman–Crippen MR) is 107 cm³/mol. The Hall–Kier alpha value is -2.04. The number of aryl methyl sites for hydroxylation is 1. The Balaban J connectivity index is 0.00000243. The van der Waals surface area contributed by atoms with Crippen LogP contribution in [-0.4, -0.2) is 18.5 Å². The summed E-state index contributed by atoms with van der Waals surface area (Å²) < 4.78 is 5.86. The molecule has 1 amide bonds. The molecule has 0 aromatic heterocycles. The number of hydrogen-bond donors (Lipinski definition) is 2. The lowest BCUT2D eigenvalue weighted by molar-refractivity contribution is -0.120. The van der Waals surface area contributed by atoms with Gasteiger partial charge in [-0.1, -0.05) is 42.0 Å². The summed E-state index contributed by atoms with van der Waals surface area (Å²) in [6.07, 6.45) is 2.73. The Morgan fingerprint density at radius 1 is 1.19 bits per heavy atom. The van der Waals surface area contributed by atoms with E-state index >= 15 is 0 Å². The van der Waals surface area contributed by atoms with E-state index in [4.69, 9.17) is 10.5 Å². The van der Waals surface area contributed by atoms with Crippen molar-refractivity contribution in [1.29, 1.82) is 0 Å². The second-order valence-electron chi connectivity index (χ2n) is 6.91. The maximum Gasteiger partial charge on any atom is 0.224 e. The lowest BCUT2D eigenvalue weighted by atomic mass is 10.1. The molecule has 3 rings (SSSR count). The third-order valence-corrected chi connectivity index (χ3v) is 4.51. The normalized spacial score (nSPS) is 14.2. The van der Waals surface area contributed by atoms with Crippen molar-refractivity contribution in [2.75, 3.05) is 6.54 Å². The number of rotatable bonds is 8. The van der Waals surface area contributed by atoms with Gasteiger partial charge in [0.15, 0.2) is 0 Å². The van der Waals surface area contributed by atoms with Crippen molar-refractivity contribution in [3.63, 3.8) is 0 Å². The van der Waals surface area contributed by atoms with Gasteiger partial charge >= 0.3 is 0 Å². The zero-order valence-corrected chi connectivity index (χ0v) is 15.9. The first kappa shape index (κ1) is 20.3. The van der Waals surface area contributed by atoms with Gasteiger partial charge in [-0.05, 0) is 48.9 Å². The van der Waals surface area contributed by atoms with Gasteiger partial charge in [-0.2, -0.15) is 0 Å². The molecule has 1 aliphatic rings. The molecule has 0 heterocycles. The SMILES string of the molecule is Cc1cccc(COc2cccc(CC(=O)NCC(N)C3CC3)c2)c1.Cl. The average Bonchev–Trinajstić information content (AvgIpc) is 3.43. The molecule has 0 saturated heterocycles. The number of halogens is 1. The summed E-state index contributed by atoms with van der Waals surface area (Å²) in [5.41, 5.74) is 9.31. The minimum atomic E-state index is 0. The standard InChI is InChI=1S/C21H26N2O2.ClH/c1-15-4-2-6-17(10-15)14-25-19-7-3-5-16(11-19)12-21(24)23-13-20(22)18-8-9-18;/h2-7,10-11,18,20H,8-9,12-14,22H2,1H3,(H,23,24);1H. The van der Waals surface area contributed by atoms with Crippen LogP contribution >= 0.6 is 12.4 Å². The summed E-state index contributed by atoms with van der Waals surface area (Å²) in [7, 11) is 0. The number of hydrogen-bond acceptors (Lipinski definition) is 3. The van der Waals surface area contributed by atoms with Crippen molar-refractivity contribution in [2.24, 2.45) is 11.7 Å². The van der Waals surface area contributed by atoms with Crippen LogP contribution in [0.2, 0.25) is 0 Å². The highest BCUT2D eigenvalue weighted by molar-refractivity contribution is 5.85. The Morgan fingerprint density at radius 2 is 1.92 bits per heavy atom. The molecule has 0 spiro atoms. The van der Waals surface area contributed by atoms with Crippen LogP contribution in [0.15, 0.2) is 48.5 Å². The van der Waals surface area contributed by atoms with Crippen LogP contribution in [0.5, 0.6) is 5.75 Å². The molecule has 3 N–H and O–H groups in total. The molecule has 0 aliphatic heterocycles. The fourth-order valence-corrected chi connectivity index (χ4v) is 2.88. The minimum Gasteiger partial charge on any atom is -0.489 e. The van der Waals surface area contributed by atoms with E-state index in [-0.39, 0.29) is 24.4 Å². The molecule has 0 radical (unpaired) electrons. The molecule has 1 unspecified atom stereocenters. The fourth-order valence-electron chi connectivity index (χ4n) is 2.88. The molecule has 4 nitrogen and oxygen atoms in total. The zero-order chi connectivity index (χ0) is 17.6. The van der Waals surface area contributed by atoms with E-state index in [9.17, 15) is 4.79 Å². The molecule has 1 atom stereocenters. The quantitative estimate of drug-likeness (QED) is 0.744. The second kappa shape index (κ2) is 9.60. The first-order chi connectivity index (χ1) is 12.1. The number of carbonyl (C=O) groups excluding carboxylic acids is 1. The molecule has 1 fully saturated rings. The van der Waals surface area contributed by atoms with Crippen LogP contribution in [-0.2, 0) is 17.8 Å². The van der Waals surface area contributed by atoms with Crippen molar-refractivity contribution in [1.82, 2.24) is 5.32 Å². The summed E-state index contributed by atoms with van der Waals surface area (Å²) >= 11 is 0. The lowest BCUT2D eigenvalue weighted by Crippen LogP contribution is -2.39. The molecule has 5 heteroatoms. The van der Waals surface area contributed by atoms with E-state index in [1.807, 2.05) is 36.4 Å². The van der Waals surface area contributed by atoms with Crippen molar-refractivity contribution < 1.29 is 9.53 Å². The van der Waals surface area contributed by atoms with Gasteiger partial charge in [0.05, 0.1) is 6.42 Å². The van der Waals surface area contributed by atoms with Crippen molar-refractivity contribution >= 4 is 18.3 Å². The van der Waals surface area contributed by atoms with E-state index in [1.54, 1.807) is 0 Å². The van der Waals surface area contributed by atoms with Crippen LogP contribution in [0.3, 0.4) is 0 Å². The Bertz CT molecular complexity index is 731. The lowest BCUT2D eigenvalue weighted by Gasteiger charge is -2.12. The molecule has 1 aliphatic carbocycles. The molecule has 26 heavy (non-hydrogen) atoms. The van der Waals surface area contributed by atoms with Gasteiger partial charge in [0, 0.05) is 12.6 Å². The number of amides is 1. The molecule has 0 bridgehead atoms. The van der Waals surface area contributed by atoms with Crippen LogP contribution in [0.1, 0.15) is 29.5 Å². The van der Waals surface area contributed by atoms with E-state index in [1.165, 1.54) is 18.4 Å². The highest BCUT2D eigenvalue weighted by Crippen LogP contribution is 2.31. The maximum absolute atomic E-state index is 12.1. The Labute approximate surface area is 161 Å². The van der Waals surface area contributed by atoms with Crippen molar-refractivity contribution in [3.8, 4) is 5.75 Å². The highest BCUT2D eigenvalue weighted by atomic mass is 35.5. The Kier molecular flexibility index (Phi) is 7.49. The average molecular weight is 375 g/mol. The highest BCUT2D eigenvalue weighted by Gasteiger charge is 2.28. The molecule has 2 aromatic carbocycles.